The van der Waals surface area contributed by atoms with Crippen LogP contribution in [-0.4, -0.2) is 28.9 Å². The van der Waals surface area contributed by atoms with Crippen LogP contribution in [0.4, 0.5) is 23.2 Å². The van der Waals surface area contributed by atoms with E-state index in [9.17, 15) is 26.0 Å². The number of rotatable bonds is 5. The molecule has 1 N–H and O–H groups in total. The van der Waals surface area contributed by atoms with E-state index in [-0.39, 0.29) is 5.69 Å². The van der Waals surface area contributed by atoms with E-state index in [4.69, 9.17) is 0 Å². The number of aromatic nitrogens is 3. The smallest absolute Gasteiger partial charge is 0.376 e. The molecule has 0 aliphatic rings. The van der Waals surface area contributed by atoms with Crippen molar-refractivity contribution in [3.63, 3.8) is 0 Å². The molecule has 0 saturated carbocycles. The minimum atomic E-state index is -5.74. The van der Waals surface area contributed by atoms with Crippen LogP contribution in [0.5, 0.6) is 0 Å². The van der Waals surface area contributed by atoms with Crippen molar-refractivity contribution in [2.24, 2.45) is 0 Å². The number of nitrogens with one attached hydrogen (secondary N) is 1. The van der Waals surface area contributed by atoms with Gasteiger partial charge in [0, 0.05) is 0 Å². The molecule has 0 fully saturated rings. The van der Waals surface area contributed by atoms with E-state index < -0.39 is 32.1 Å². The van der Waals surface area contributed by atoms with Gasteiger partial charge in [0.15, 0.2) is 0 Å². The number of sulfone groups is 1. The van der Waals surface area contributed by atoms with E-state index in [1.54, 1.807) is 37.4 Å². The van der Waals surface area contributed by atoms with Gasteiger partial charge in [-0.25, -0.2) is 17.5 Å². The van der Waals surface area contributed by atoms with Gasteiger partial charge in [0.25, 0.3) is 9.84 Å². The summed E-state index contributed by atoms with van der Waals surface area (Å²) in [6, 6.07) is 10.4. The Morgan fingerprint density at radius 1 is 1.11 bits per heavy atom. The maximum absolute atomic E-state index is 13.4. The quantitative estimate of drug-likeness (QED) is 0.642. The Bertz CT molecular complexity index is 1080. The number of benzene rings is 2. The van der Waals surface area contributed by atoms with Crippen LogP contribution in [0.3, 0.4) is 0 Å². The van der Waals surface area contributed by atoms with Crippen molar-refractivity contribution in [2.75, 3.05) is 5.32 Å². The Morgan fingerprint density at radius 3 is 2.43 bits per heavy atom. The highest BCUT2D eigenvalue weighted by molar-refractivity contribution is 7.92. The summed E-state index contributed by atoms with van der Waals surface area (Å²) in [5.41, 5.74) is -4.88. The standard InChI is InChI=1S/C17H14F4N4O2S/c1-11(15-10-25(24-23-15)13-5-3-2-4-6-13)22-14-8-7-12(18)9-16(14)28(26,27)17(19,20)21/h2-11,22H,1H3. The lowest BCUT2D eigenvalue weighted by Crippen LogP contribution is -2.25. The number of alkyl halides is 3. The first-order valence-corrected chi connectivity index (χ1v) is 9.43. The van der Waals surface area contributed by atoms with Crippen LogP contribution < -0.4 is 5.32 Å². The average Bonchev–Trinajstić information content (AvgIpc) is 3.13. The molecule has 6 nitrogen and oxygen atoms in total. The molecule has 1 atom stereocenters. The van der Waals surface area contributed by atoms with Gasteiger partial charge in [0.1, 0.15) is 16.4 Å². The van der Waals surface area contributed by atoms with Gasteiger partial charge in [-0.15, -0.1) is 5.10 Å². The average molecular weight is 414 g/mol. The van der Waals surface area contributed by atoms with Crippen molar-refractivity contribution in [2.45, 2.75) is 23.4 Å². The summed E-state index contributed by atoms with van der Waals surface area (Å²) in [7, 11) is -5.74. The second kappa shape index (κ2) is 7.23. The Kier molecular flexibility index (Phi) is 5.11. The summed E-state index contributed by atoms with van der Waals surface area (Å²) in [5.74, 6) is -1.10. The maximum Gasteiger partial charge on any atom is 0.501 e. The van der Waals surface area contributed by atoms with Gasteiger partial charge in [-0.05, 0) is 37.3 Å². The van der Waals surface area contributed by atoms with E-state index in [2.05, 4.69) is 15.6 Å². The Labute approximate surface area is 157 Å². The summed E-state index contributed by atoms with van der Waals surface area (Å²) >= 11 is 0. The molecule has 1 aromatic heterocycles. The Balaban J connectivity index is 1.92. The highest BCUT2D eigenvalue weighted by Crippen LogP contribution is 2.35. The SMILES string of the molecule is CC(Nc1ccc(F)cc1S(=O)(=O)C(F)(F)F)c1cn(-c2ccccc2)nn1. The summed E-state index contributed by atoms with van der Waals surface area (Å²) in [6.07, 6.45) is 1.55. The van der Waals surface area contributed by atoms with Crippen molar-refractivity contribution >= 4 is 15.5 Å². The number of anilines is 1. The van der Waals surface area contributed by atoms with Gasteiger partial charge in [-0.2, -0.15) is 13.2 Å². The lowest BCUT2D eigenvalue weighted by atomic mass is 10.2. The number of nitrogens with zero attached hydrogens (tertiary/aromatic N) is 3. The maximum atomic E-state index is 13.4. The second-order valence-electron chi connectivity index (χ2n) is 5.88. The Morgan fingerprint density at radius 2 is 1.79 bits per heavy atom. The first kappa shape index (κ1) is 19.8. The molecule has 0 saturated heterocycles. The third kappa shape index (κ3) is 3.84. The van der Waals surface area contributed by atoms with E-state index in [0.717, 1.165) is 17.8 Å². The monoisotopic (exact) mass is 414 g/mol. The van der Waals surface area contributed by atoms with E-state index in [1.165, 1.54) is 4.68 Å². The topological polar surface area (TPSA) is 76.9 Å². The predicted octanol–water partition coefficient (Wildman–Crippen LogP) is 3.87. The molecule has 3 aromatic rings. The van der Waals surface area contributed by atoms with Gasteiger partial charge in [0.2, 0.25) is 0 Å². The van der Waals surface area contributed by atoms with Crippen LogP contribution in [0.15, 0.2) is 59.6 Å². The van der Waals surface area contributed by atoms with Gasteiger partial charge in [-0.3, -0.25) is 0 Å². The van der Waals surface area contributed by atoms with Crippen molar-refractivity contribution in [3.8, 4) is 5.69 Å². The zero-order valence-corrected chi connectivity index (χ0v) is 15.2. The number of para-hydroxylation sites is 1. The fourth-order valence-electron chi connectivity index (χ4n) is 2.45. The Hall–Kier alpha value is -2.95. The minimum absolute atomic E-state index is 0.332. The number of hydrogen-bond acceptors (Lipinski definition) is 5. The summed E-state index contributed by atoms with van der Waals surface area (Å²) in [6.45, 7) is 1.56. The summed E-state index contributed by atoms with van der Waals surface area (Å²) in [4.78, 5) is -1.19. The van der Waals surface area contributed by atoms with Gasteiger partial charge in [0.05, 0.1) is 23.6 Å². The van der Waals surface area contributed by atoms with Crippen LogP contribution in [0.2, 0.25) is 0 Å². The van der Waals surface area contributed by atoms with Crippen molar-refractivity contribution in [1.82, 2.24) is 15.0 Å². The van der Waals surface area contributed by atoms with Crippen molar-refractivity contribution in [3.05, 3.63) is 66.2 Å². The zero-order chi connectivity index (χ0) is 20.5. The lowest BCUT2D eigenvalue weighted by molar-refractivity contribution is -0.0435. The van der Waals surface area contributed by atoms with Crippen molar-refractivity contribution in [1.29, 1.82) is 0 Å². The molecule has 0 aliphatic carbocycles. The molecular formula is C17H14F4N4O2S. The summed E-state index contributed by atoms with van der Waals surface area (Å²) < 4.78 is 77.2. The normalized spacial score (nSPS) is 13.3. The van der Waals surface area contributed by atoms with Crippen LogP contribution in [-0.2, 0) is 9.84 Å². The highest BCUT2D eigenvalue weighted by atomic mass is 32.2. The second-order valence-corrected chi connectivity index (χ2v) is 7.79. The number of hydrogen-bond donors (Lipinski definition) is 1. The van der Waals surface area contributed by atoms with Crippen molar-refractivity contribution < 1.29 is 26.0 Å². The fraction of sp³-hybridized carbons (Fsp3) is 0.176. The zero-order valence-electron chi connectivity index (χ0n) is 14.4. The highest BCUT2D eigenvalue weighted by Gasteiger charge is 2.48. The van der Waals surface area contributed by atoms with Gasteiger partial charge >= 0.3 is 5.51 Å². The molecular weight excluding hydrogens is 400 g/mol. The van der Waals surface area contributed by atoms with Crippen LogP contribution in [0.25, 0.3) is 5.69 Å². The van der Waals surface area contributed by atoms with E-state index >= 15 is 0 Å². The molecule has 0 amide bonds. The first-order chi connectivity index (χ1) is 13.1. The molecule has 11 heteroatoms. The lowest BCUT2D eigenvalue weighted by Gasteiger charge is -2.17. The van der Waals surface area contributed by atoms with Crippen LogP contribution >= 0.6 is 0 Å². The molecule has 0 spiro atoms. The molecule has 28 heavy (non-hydrogen) atoms. The van der Waals surface area contributed by atoms with E-state index in [0.29, 0.717) is 11.8 Å². The predicted molar refractivity (Wildman–Crippen MR) is 93.0 cm³/mol. The molecule has 1 heterocycles. The largest absolute Gasteiger partial charge is 0.501 e. The van der Waals surface area contributed by atoms with E-state index in [1.807, 2.05) is 6.07 Å². The third-order valence-corrected chi connectivity index (χ3v) is 5.41. The molecule has 3 rings (SSSR count). The molecule has 0 bridgehead atoms. The molecule has 2 aromatic carbocycles. The van der Waals surface area contributed by atoms with Crippen LogP contribution in [0.1, 0.15) is 18.7 Å². The van der Waals surface area contributed by atoms with Gasteiger partial charge in [-0.1, -0.05) is 23.4 Å². The van der Waals surface area contributed by atoms with Crippen LogP contribution in [0, 0.1) is 5.82 Å². The summed E-state index contributed by atoms with van der Waals surface area (Å²) in [5, 5.41) is 10.5. The molecule has 0 radical (unpaired) electrons. The van der Waals surface area contributed by atoms with Gasteiger partial charge < -0.3 is 5.32 Å². The molecule has 0 aliphatic heterocycles. The first-order valence-electron chi connectivity index (χ1n) is 7.95. The molecule has 1 unspecified atom stereocenters. The third-order valence-electron chi connectivity index (χ3n) is 3.89. The number of halogens is 4. The fourth-order valence-corrected chi connectivity index (χ4v) is 3.39. The minimum Gasteiger partial charge on any atom is -0.376 e. The molecule has 148 valence electrons.